The molecule has 2 N–H and O–H groups in total. The number of carboxylic acids is 1. The third kappa shape index (κ3) is 8.17. The molecule has 0 spiro atoms. The number of methoxy groups -OCH3 is 1. The Hall–Kier alpha value is -1.67. The van der Waals surface area contributed by atoms with Crippen molar-refractivity contribution in [1.82, 2.24) is 10.2 Å². The number of carboxylic acid groups (broad SMARTS) is 1. The van der Waals surface area contributed by atoms with Gasteiger partial charge in [-0.3, -0.25) is 10.1 Å². The van der Waals surface area contributed by atoms with E-state index in [2.05, 4.69) is 4.74 Å². The highest BCUT2D eigenvalue weighted by atomic mass is 16.5. The van der Waals surface area contributed by atoms with Crippen molar-refractivity contribution in [2.45, 2.75) is 0 Å². The first-order valence-electron chi connectivity index (χ1n) is 4.80. The third-order valence-electron chi connectivity index (χ3n) is 1.68. The van der Waals surface area contributed by atoms with Crippen LogP contribution < -0.4 is 5.32 Å². The van der Waals surface area contributed by atoms with E-state index in [0.29, 0.717) is 13.2 Å². The third-order valence-corrected chi connectivity index (χ3v) is 1.68. The van der Waals surface area contributed by atoms with Crippen molar-refractivity contribution in [3.63, 3.8) is 0 Å². The quantitative estimate of drug-likeness (QED) is 0.592. The van der Waals surface area contributed by atoms with Crippen molar-refractivity contribution in [1.29, 1.82) is 0 Å². The van der Waals surface area contributed by atoms with Crippen LogP contribution in [0.3, 0.4) is 0 Å². The number of hydrogen-bond donors (Lipinski definition) is 2. The zero-order chi connectivity index (χ0) is 13.3. The second-order valence-electron chi connectivity index (χ2n) is 3.15. The molecule has 0 rings (SSSR count). The van der Waals surface area contributed by atoms with Crippen LogP contribution in [-0.4, -0.2) is 68.4 Å². The van der Waals surface area contributed by atoms with Gasteiger partial charge in [0.15, 0.2) is 0 Å². The molecule has 0 fully saturated rings. The van der Waals surface area contributed by atoms with E-state index >= 15 is 0 Å². The van der Waals surface area contributed by atoms with Crippen molar-refractivity contribution in [3.05, 3.63) is 0 Å². The lowest BCUT2D eigenvalue weighted by molar-refractivity contribution is -0.143. The first-order valence-corrected chi connectivity index (χ1v) is 4.80. The summed E-state index contributed by atoms with van der Waals surface area (Å²) < 4.78 is 9.27. The van der Waals surface area contributed by atoms with Crippen molar-refractivity contribution in [2.75, 3.05) is 40.5 Å². The molecule has 0 atom stereocenters. The number of carbonyl (C=O) groups is 3. The van der Waals surface area contributed by atoms with E-state index in [1.54, 1.807) is 0 Å². The molecule has 17 heavy (non-hydrogen) atoms. The minimum absolute atomic E-state index is 0.339. The number of likely N-dealkylation sites (N-methyl/N-ethyl adjacent to an activating group) is 1. The zero-order valence-corrected chi connectivity index (χ0v) is 9.76. The van der Waals surface area contributed by atoms with Crippen LogP contribution in [-0.2, 0) is 19.1 Å². The molecule has 8 nitrogen and oxygen atoms in total. The second kappa shape index (κ2) is 8.48. The molecule has 0 saturated heterocycles. The topological polar surface area (TPSA) is 105 Å². The summed E-state index contributed by atoms with van der Waals surface area (Å²) in [5.41, 5.74) is 0. The van der Waals surface area contributed by atoms with Crippen molar-refractivity contribution in [3.8, 4) is 0 Å². The minimum Gasteiger partial charge on any atom is -0.480 e. The van der Waals surface area contributed by atoms with E-state index in [9.17, 15) is 14.4 Å². The molecule has 0 aromatic heterocycles. The van der Waals surface area contributed by atoms with Gasteiger partial charge in [-0.2, -0.15) is 0 Å². The van der Waals surface area contributed by atoms with E-state index < -0.39 is 31.1 Å². The average molecular weight is 248 g/mol. The van der Waals surface area contributed by atoms with Crippen molar-refractivity contribution >= 4 is 17.9 Å². The summed E-state index contributed by atoms with van der Waals surface area (Å²) in [7, 11) is 3.00. The fourth-order valence-corrected chi connectivity index (χ4v) is 0.812. The zero-order valence-electron chi connectivity index (χ0n) is 9.76. The van der Waals surface area contributed by atoms with Crippen LogP contribution in [0.25, 0.3) is 0 Å². The lowest BCUT2D eigenvalue weighted by atomic mass is 10.5. The van der Waals surface area contributed by atoms with E-state index in [-0.39, 0.29) is 0 Å². The monoisotopic (exact) mass is 248 g/mol. The summed E-state index contributed by atoms with van der Waals surface area (Å²) in [6.07, 6.45) is 0. The van der Waals surface area contributed by atoms with Crippen molar-refractivity contribution < 1.29 is 29.0 Å². The van der Waals surface area contributed by atoms with Crippen LogP contribution in [0.1, 0.15) is 0 Å². The summed E-state index contributed by atoms with van der Waals surface area (Å²) in [6.45, 7) is -0.365. The number of rotatable bonds is 7. The Kier molecular flexibility index (Phi) is 7.65. The maximum Gasteiger partial charge on any atom is 0.329 e. The molecular formula is C9H16N2O6. The molecule has 0 aliphatic rings. The normalized spacial score (nSPS) is 9.76. The molecule has 0 saturated carbocycles. The average Bonchev–Trinajstić information content (AvgIpc) is 2.25. The van der Waals surface area contributed by atoms with Gasteiger partial charge >= 0.3 is 12.0 Å². The molecule has 0 aliphatic heterocycles. The Balaban J connectivity index is 3.79. The van der Waals surface area contributed by atoms with Gasteiger partial charge in [-0.05, 0) is 0 Å². The van der Waals surface area contributed by atoms with Gasteiger partial charge in [-0.1, -0.05) is 0 Å². The van der Waals surface area contributed by atoms with Gasteiger partial charge in [-0.15, -0.1) is 0 Å². The summed E-state index contributed by atoms with van der Waals surface area (Å²) in [6, 6.07) is -0.592. The summed E-state index contributed by atoms with van der Waals surface area (Å²) in [5, 5.41) is 10.3. The van der Waals surface area contributed by atoms with Gasteiger partial charge in [0, 0.05) is 20.7 Å². The molecule has 0 aromatic rings. The summed E-state index contributed by atoms with van der Waals surface area (Å²) >= 11 is 0. The number of ether oxygens (including phenoxy) is 2. The lowest BCUT2D eigenvalue weighted by Gasteiger charge is -2.16. The highest BCUT2D eigenvalue weighted by Gasteiger charge is 2.12. The molecule has 0 heterocycles. The Bertz CT molecular complexity index is 281. The number of nitrogens with one attached hydrogen (secondary N) is 1. The van der Waals surface area contributed by atoms with E-state index in [0.717, 1.165) is 0 Å². The standard InChI is InChI=1S/C9H16N2O6/c1-11(3-4-16-2)9(15)10-7(12)5-17-6-8(13)14/h3-6H2,1-2H3,(H,13,14)(H,10,12,15). The Labute approximate surface area is 98.5 Å². The predicted octanol–water partition coefficient (Wildman–Crippen LogP) is -1.10. The van der Waals surface area contributed by atoms with E-state index in [1.807, 2.05) is 5.32 Å². The van der Waals surface area contributed by atoms with Crippen LogP contribution in [0.5, 0.6) is 0 Å². The number of urea groups is 1. The first kappa shape index (κ1) is 15.3. The Morgan fingerprint density at radius 2 is 1.94 bits per heavy atom. The molecule has 0 aliphatic carbocycles. The number of nitrogens with zero attached hydrogens (tertiary/aromatic N) is 1. The largest absolute Gasteiger partial charge is 0.480 e. The van der Waals surface area contributed by atoms with Crippen LogP contribution >= 0.6 is 0 Å². The number of carbonyl (C=O) groups excluding carboxylic acids is 2. The first-order chi connectivity index (χ1) is 7.97. The minimum atomic E-state index is -1.18. The SMILES string of the molecule is COCCN(C)C(=O)NC(=O)COCC(=O)O. The number of imide groups is 1. The van der Waals surface area contributed by atoms with Crippen LogP contribution in [0, 0.1) is 0 Å². The van der Waals surface area contributed by atoms with Crippen LogP contribution in [0.4, 0.5) is 4.79 Å². The predicted molar refractivity (Wildman–Crippen MR) is 56.5 cm³/mol. The van der Waals surface area contributed by atoms with E-state index in [4.69, 9.17) is 9.84 Å². The second-order valence-corrected chi connectivity index (χ2v) is 3.15. The van der Waals surface area contributed by atoms with Gasteiger partial charge < -0.3 is 19.5 Å². The lowest BCUT2D eigenvalue weighted by Crippen LogP contribution is -2.43. The van der Waals surface area contributed by atoms with Crippen LogP contribution in [0.15, 0.2) is 0 Å². The summed E-state index contributed by atoms with van der Waals surface area (Å²) in [5.74, 6) is -1.87. The number of aliphatic carboxylic acids is 1. The highest BCUT2D eigenvalue weighted by Crippen LogP contribution is 1.85. The van der Waals surface area contributed by atoms with E-state index in [1.165, 1.54) is 19.1 Å². The number of amides is 3. The summed E-state index contributed by atoms with van der Waals surface area (Å²) in [4.78, 5) is 33.8. The molecule has 0 aromatic carbocycles. The Morgan fingerprint density at radius 3 is 2.47 bits per heavy atom. The molecule has 0 bridgehead atoms. The Morgan fingerprint density at radius 1 is 1.29 bits per heavy atom. The molecule has 0 unspecified atom stereocenters. The van der Waals surface area contributed by atoms with Gasteiger partial charge in [0.1, 0.15) is 13.2 Å². The maximum absolute atomic E-state index is 11.3. The highest BCUT2D eigenvalue weighted by molar-refractivity contribution is 5.94. The van der Waals surface area contributed by atoms with Gasteiger partial charge in [-0.25, -0.2) is 9.59 Å². The molecule has 0 radical (unpaired) electrons. The van der Waals surface area contributed by atoms with Gasteiger partial charge in [0.2, 0.25) is 0 Å². The maximum atomic E-state index is 11.3. The number of hydrogen-bond acceptors (Lipinski definition) is 5. The van der Waals surface area contributed by atoms with Crippen molar-refractivity contribution in [2.24, 2.45) is 0 Å². The van der Waals surface area contributed by atoms with Gasteiger partial charge in [0.25, 0.3) is 5.91 Å². The fourth-order valence-electron chi connectivity index (χ4n) is 0.812. The molecule has 8 heteroatoms. The molecule has 3 amide bonds. The molecule has 98 valence electrons. The smallest absolute Gasteiger partial charge is 0.329 e. The molecular weight excluding hydrogens is 232 g/mol. The van der Waals surface area contributed by atoms with Crippen LogP contribution in [0.2, 0.25) is 0 Å². The fraction of sp³-hybridized carbons (Fsp3) is 0.667. The van der Waals surface area contributed by atoms with Gasteiger partial charge in [0.05, 0.1) is 6.61 Å².